The summed E-state index contributed by atoms with van der Waals surface area (Å²) in [7, 11) is 1.74. The lowest BCUT2D eigenvalue weighted by atomic mass is 10.1. The van der Waals surface area contributed by atoms with E-state index in [1.165, 1.54) is 0 Å². The average molecular weight is 393 g/mol. The SMILES string of the molecule is CNC[C@H](OC(=O)C(C)C)c1ccc(OC(=O)C(C)C)c(OC(=O)C(C)C)c1. The van der Waals surface area contributed by atoms with E-state index in [2.05, 4.69) is 5.32 Å². The fraction of sp³-hybridized carbons (Fsp3) is 0.571. The van der Waals surface area contributed by atoms with Crippen LogP contribution in [0.1, 0.15) is 53.2 Å². The van der Waals surface area contributed by atoms with Crippen molar-refractivity contribution in [3.05, 3.63) is 23.8 Å². The molecule has 0 saturated carbocycles. The van der Waals surface area contributed by atoms with Crippen molar-refractivity contribution >= 4 is 17.9 Å². The molecule has 7 heteroatoms. The number of likely N-dealkylation sites (N-methyl/N-ethyl adjacent to an activating group) is 1. The van der Waals surface area contributed by atoms with Gasteiger partial charge in [0.15, 0.2) is 11.5 Å². The number of esters is 3. The molecule has 0 spiro atoms. The summed E-state index contributed by atoms with van der Waals surface area (Å²) in [5, 5.41) is 2.98. The number of nitrogens with one attached hydrogen (secondary N) is 1. The van der Waals surface area contributed by atoms with Gasteiger partial charge in [0.1, 0.15) is 6.10 Å². The number of rotatable bonds is 9. The van der Waals surface area contributed by atoms with Crippen LogP contribution in [0.15, 0.2) is 18.2 Å². The normalized spacial score (nSPS) is 12.2. The van der Waals surface area contributed by atoms with E-state index in [1.54, 1.807) is 66.8 Å². The Morgan fingerprint density at radius 2 is 1.32 bits per heavy atom. The van der Waals surface area contributed by atoms with E-state index in [0.717, 1.165) is 0 Å². The Kier molecular flexibility index (Phi) is 9.12. The number of hydrogen-bond acceptors (Lipinski definition) is 7. The maximum Gasteiger partial charge on any atom is 0.313 e. The van der Waals surface area contributed by atoms with Crippen molar-refractivity contribution in [2.24, 2.45) is 17.8 Å². The van der Waals surface area contributed by atoms with Crippen LogP contribution in [0.2, 0.25) is 0 Å². The fourth-order valence-corrected chi connectivity index (χ4v) is 2.03. The molecule has 0 aliphatic heterocycles. The Labute approximate surface area is 166 Å². The zero-order valence-corrected chi connectivity index (χ0v) is 17.7. The third kappa shape index (κ3) is 6.96. The number of ether oxygens (including phenoxy) is 3. The molecule has 1 atom stereocenters. The summed E-state index contributed by atoms with van der Waals surface area (Å²) in [5.41, 5.74) is 0.624. The molecule has 1 aromatic rings. The first-order valence-corrected chi connectivity index (χ1v) is 9.49. The van der Waals surface area contributed by atoms with Crippen LogP contribution in [0.3, 0.4) is 0 Å². The van der Waals surface area contributed by atoms with Crippen LogP contribution in [-0.4, -0.2) is 31.5 Å². The molecule has 0 heterocycles. The smallest absolute Gasteiger partial charge is 0.313 e. The summed E-state index contributed by atoms with van der Waals surface area (Å²) < 4.78 is 16.3. The maximum atomic E-state index is 12.1. The molecule has 0 saturated heterocycles. The second-order valence-corrected chi connectivity index (χ2v) is 7.50. The molecular weight excluding hydrogens is 362 g/mol. The van der Waals surface area contributed by atoms with Crippen LogP contribution < -0.4 is 14.8 Å². The molecule has 0 radical (unpaired) electrons. The van der Waals surface area contributed by atoms with Crippen molar-refractivity contribution in [2.45, 2.75) is 47.6 Å². The largest absolute Gasteiger partial charge is 0.456 e. The van der Waals surface area contributed by atoms with Crippen LogP contribution in [0.25, 0.3) is 0 Å². The van der Waals surface area contributed by atoms with E-state index in [1.807, 2.05) is 0 Å². The summed E-state index contributed by atoms with van der Waals surface area (Å²) in [5.74, 6) is -1.93. The molecule has 0 aliphatic rings. The van der Waals surface area contributed by atoms with E-state index in [0.29, 0.717) is 12.1 Å². The van der Waals surface area contributed by atoms with Gasteiger partial charge in [-0.05, 0) is 24.7 Å². The van der Waals surface area contributed by atoms with Gasteiger partial charge in [0, 0.05) is 6.54 Å². The van der Waals surface area contributed by atoms with Crippen LogP contribution in [0.5, 0.6) is 11.5 Å². The molecule has 156 valence electrons. The minimum absolute atomic E-state index is 0.117. The van der Waals surface area contributed by atoms with Crippen LogP contribution in [0.4, 0.5) is 0 Å². The summed E-state index contributed by atoms with van der Waals surface area (Å²) >= 11 is 0. The minimum Gasteiger partial charge on any atom is -0.456 e. The van der Waals surface area contributed by atoms with Crippen molar-refractivity contribution in [1.82, 2.24) is 5.32 Å². The van der Waals surface area contributed by atoms with E-state index < -0.39 is 18.0 Å². The molecular formula is C21H31NO6. The standard InChI is InChI=1S/C21H31NO6/c1-12(2)19(23)26-16-9-8-15(10-17(16)27-20(24)13(3)4)18(11-22-7)28-21(25)14(5)6/h8-10,12-14,18,22H,11H2,1-7H3/t18-/m0/s1. The van der Waals surface area contributed by atoms with Crippen molar-refractivity contribution < 1.29 is 28.6 Å². The zero-order chi connectivity index (χ0) is 21.4. The van der Waals surface area contributed by atoms with E-state index >= 15 is 0 Å². The minimum atomic E-state index is -0.578. The van der Waals surface area contributed by atoms with Gasteiger partial charge < -0.3 is 19.5 Å². The molecule has 0 amide bonds. The Balaban J connectivity index is 3.26. The first-order valence-electron chi connectivity index (χ1n) is 9.49. The predicted octanol–water partition coefficient (Wildman–Crippen LogP) is 3.27. The maximum absolute atomic E-state index is 12.1. The summed E-state index contributed by atoms with van der Waals surface area (Å²) in [6.45, 7) is 10.7. The second kappa shape index (κ2) is 10.8. The molecule has 0 unspecified atom stereocenters. The molecule has 0 aliphatic carbocycles. The van der Waals surface area contributed by atoms with Crippen LogP contribution in [-0.2, 0) is 19.1 Å². The third-order valence-electron chi connectivity index (χ3n) is 3.82. The summed E-state index contributed by atoms with van der Waals surface area (Å²) in [4.78, 5) is 36.1. The van der Waals surface area contributed by atoms with E-state index in [-0.39, 0.29) is 35.2 Å². The quantitative estimate of drug-likeness (QED) is 0.508. The molecule has 0 aromatic heterocycles. The number of benzene rings is 1. The molecule has 1 N–H and O–H groups in total. The van der Waals surface area contributed by atoms with Crippen LogP contribution in [0, 0.1) is 17.8 Å². The van der Waals surface area contributed by atoms with E-state index in [9.17, 15) is 14.4 Å². The highest BCUT2D eigenvalue weighted by Gasteiger charge is 2.23. The Morgan fingerprint density at radius 3 is 1.79 bits per heavy atom. The van der Waals surface area contributed by atoms with Gasteiger partial charge in [0.2, 0.25) is 0 Å². The van der Waals surface area contributed by atoms with Gasteiger partial charge in [-0.1, -0.05) is 47.6 Å². The van der Waals surface area contributed by atoms with Gasteiger partial charge >= 0.3 is 17.9 Å². The lowest BCUT2D eigenvalue weighted by Gasteiger charge is -2.21. The highest BCUT2D eigenvalue weighted by Crippen LogP contribution is 2.33. The Hall–Kier alpha value is -2.41. The molecule has 1 rings (SSSR count). The lowest BCUT2D eigenvalue weighted by Crippen LogP contribution is -2.25. The van der Waals surface area contributed by atoms with Crippen molar-refractivity contribution in [3.8, 4) is 11.5 Å². The lowest BCUT2D eigenvalue weighted by molar-refractivity contribution is -0.153. The topological polar surface area (TPSA) is 90.9 Å². The predicted molar refractivity (Wildman–Crippen MR) is 105 cm³/mol. The molecule has 7 nitrogen and oxygen atoms in total. The highest BCUT2D eigenvalue weighted by molar-refractivity contribution is 5.78. The van der Waals surface area contributed by atoms with Crippen molar-refractivity contribution in [3.63, 3.8) is 0 Å². The summed E-state index contributed by atoms with van der Waals surface area (Å²) in [6, 6.07) is 4.80. The first-order chi connectivity index (χ1) is 13.1. The molecule has 0 bridgehead atoms. The fourth-order valence-electron chi connectivity index (χ4n) is 2.03. The van der Waals surface area contributed by atoms with Gasteiger partial charge in [-0.3, -0.25) is 14.4 Å². The first kappa shape index (κ1) is 23.6. The van der Waals surface area contributed by atoms with E-state index in [4.69, 9.17) is 14.2 Å². The third-order valence-corrected chi connectivity index (χ3v) is 3.82. The van der Waals surface area contributed by atoms with Gasteiger partial charge in [-0.25, -0.2) is 0 Å². The summed E-state index contributed by atoms with van der Waals surface area (Å²) in [6.07, 6.45) is -0.578. The van der Waals surface area contributed by atoms with Crippen molar-refractivity contribution in [1.29, 1.82) is 0 Å². The number of carbonyl (C=O) groups is 3. The molecule has 0 fully saturated rings. The monoisotopic (exact) mass is 393 g/mol. The zero-order valence-electron chi connectivity index (χ0n) is 17.7. The number of hydrogen-bond donors (Lipinski definition) is 1. The van der Waals surface area contributed by atoms with Crippen molar-refractivity contribution in [2.75, 3.05) is 13.6 Å². The second-order valence-electron chi connectivity index (χ2n) is 7.50. The highest BCUT2D eigenvalue weighted by atomic mass is 16.6. The van der Waals surface area contributed by atoms with Crippen LogP contribution >= 0.6 is 0 Å². The van der Waals surface area contributed by atoms with Gasteiger partial charge in [-0.2, -0.15) is 0 Å². The van der Waals surface area contributed by atoms with Gasteiger partial charge in [0.05, 0.1) is 17.8 Å². The Bertz CT molecular complexity index is 696. The average Bonchev–Trinajstić information content (AvgIpc) is 2.62. The van der Waals surface area contributed by atoms with Gasteiger partial charge in [0.25, 0.3) is 0 Å². The molecule has 28 heavy (non-hydrogen) atoms. The molecule has 1 aromatic carbocycles. The Morgan fingerprint density at radius 1 is 0.821 bits per heavy atom. The number of carbonyl (C=O) groups excluding carboxylic acids is 3. The van der Waals surface area contributed by atoms with Gasteiger partial charge in [-0.15, -0.1) is 0 Å².